The molecule has 1 aromatic carbocycles. The van der Waals surface area contributed by atoms with E-state index in [-0.39, 0.29) is 31.2 Å². The topological polar surface area (TPSA) is 123 Å². The first-order valence-electron chi connectivity index (χ1n) is 7.72. The number of β-amino-alcohol motifs (C(OH)–C–C–N with tert-alkyl or cyclic N) is 1. The first-order chi connectivity index (χ1) is 11.9. The van der Waals surface area contributed by atoms with Crippen molar-refractivity contribution in [3.63, 3.8) is 0 Å². The second kappa shape index (κ2) is 5.61. The molecule has 1 N–H and O–H groups in total. The molecule has 10 heteroatoms. The van der Waals surface area contributed by atoms with Gasteiger partial charge in [0.15, 0.2) is 17.0 Å². The highest BCUT2D eigenvalue weighted by atomic mass is 32.2. The summed E-state index contributed by atoms with van der Waals surface area (Å²) in [5.41, 5.74) is -0.591. The van der Waals surface area contributed by atoms with Crippen LogP contribution in [0.3, 0.4) is 0 Å². The minimum Gasteiger partial charge on any atom is -0.379 e. The van der Waals surface area contributed by atoms with Crippen LogP contribution in [0.15, 0.2) is 33.3 Å². The Bertz CT molecular complexity index is 1030. The molecule has 9 nitrogen and oxygen atoms in total. The van der Waals surface area contributed by atoms with Gasteiger partial charge < -0.3 is 14.2 Å². The largest absolute Gasteiger partial charge is 0.379 e. The van der Waals surface area contributed by atoms with Gasteiger partial charge in [-0.05, 0) is 19.1 Å². The number of benzene rings is 1. The molecule has 4 rings (SSSR count). The zero-order chi connectivity index (χ0) is 17.7. The number of para-hydroxylation sites is 1. The standard InChI is InChI=1S/C15H16N4O5S/c1-10-16-14(24-17-10)15(20)6-7-19(9-15)25(21,22)8-12-11-4-2-3-5-13(11)23-18-12/h2-5,20H,6-9H2,1H3. The Balaban J connectivity index is 1.57. The predicted octanol–water partition coefficient (Wildman–Crippen LogP) is 0.943. The van der Waals surface area contributed by atoms with Gasteiger partial charge >= 0.3 is 0 Å². The highest BCUT2D eigenvalue weighted by molar-refractivity contribution is 7.88. The lowest BCUT2D eigenvalue weighted by molar-refractivity contribution is 0.0194. The van der Waals surface area contributed by atoms with Crippen LogP contribution >= 0.6 is 0 Å². The molecule has 132 valence electrons. The molecule has 0 radical (unpaired) electrons. The number of hydrogen-bond acceptors (Lipinski definition) is 8. The molecule has 3 heterocycles. The van der Waals surface area contributed by atoms with Crippen molar-refractivity contribution in [3.05, 3.63) is 41.7 Å². The molecular formula is C15H16N4O5S. The van der Waals surface area contributed by atoms with Crippen molar-refractivity contribution in [3.8, 4) is 0 Å². The van der Waals surface area contributed by atoms with Crippen molar-refractivity contribution in [2.45, 2.75) is 24.7 Å². The number of hydrogen-bond donors (Lipinski definition) is 1. The molecule has 1 unspecified atom stereocenters. The van der Waals surface area contributed by atoms with Crippen LogP contribution in [0.2, 0.25) is 0 Å². The summed E-state index contributed by atoms with van der Waals surface area (Å²) in [6.07, 6.45) is 0.188. The van der Waals surface area contributed by atoms with E-state index in [0.29, 0.717) is 22.5 Å². The Morgan fingerprint density at radius 3 is 2.84 bits per heavy atom. The third-order valence-corrected chi connectivity index (χ3v) is 6.04. The van der Waals surface area contributed by atoms with Gasteiger partial charge in [-0.1, -0.05) is 22.4 Å². The summed E-state index contributed by atoms with van der Waals surface area (Å²) >= 11 is 0. The van der Waals surface area contributed by atoms with Crippen LogP contribution in [0, 0.1) is 6.92 Å². The van der Waals surface area contributed by atoms with E-state index in [1.54, 1.807) is 31.2 Å². The van der Waals surface area contributed by atoms with E-state index in [1.807, 2.05) is 0 Å². The highest BCUT2D eigenvalue weighted by Crippen LogP contribution is 2.33. The minimum atomic E-state index is -3.69. The predicted molar refractivity (Wildman–Crippen MR) is 85.8 cm³/mol. The molecule has 0 amide bonds. The molecule has 0 saturated carbocycles. The Kier molecular flexibility index (Phi) is 3.63. The van der Waals surface area contributed by atoms with Crippen LogP contribution < -0.4 is 0 Å². The van der Waals surface area contributed by atoms with Gasteiger partial charge in [-0.15, -0.1) is 0 Å². The molecule has 0 bridgehead atoms. The number of aromatic nitrogens is 3. The first-order valence-corrected chi connectivity index (χ1v) is 9.33. The van der Waals surface area contributed by atoms with Crippen molar-refractivity contribution in [1.29, 1.82) is 0 Å². The number of rotatable bonds is 4. The lowest BCUT2D eigenvalue weighted by Crippen LogP contribution is -2.35. The molecule has 25 heavy (non-hydrogen) atoms. The van der Waals surface area contributed by atoms with E-state index in [1.165, 1.54) is 4.31 Å². The first kappa shape index (κ1) is 16.2. The molecule has 3 aromatic rings. The van der Waals surface area contributed by atoms with Crippen molar-refractivity contribution >= 4 is 21.0 Å². The zero-order valence-electron chi connectivity index (χ0n) is 13.4. The van der Waals surface area contributed by atoms with Crippen LogP contribution in [-0.4, -0.2) is 46.2 Å². The third-order valence-electron chi connectivity index (χ3n) is 4.30. The molecule has 0 aliphatic carbocycles. The smallest absolute Gasteiger partial charge is 0.260 e. The van der Waals surface area contributed by atoms with Gasteiger partial charge in [-0.2, -0.15) is 9.29 Å². The fraction of sp³-hybridized carbons (Fsp3) is 0.400. The molecule has 2 aromatic heterocycles. The SMILES string of the molecule is Cc1noc(C2(O)CCN(S(=O)(=O)Cc3noc4ccccc34)C2)n1. The summed E-state index contributed by atoms with van der Waals surface area (Å²) in [5, 5.41) is 18.8. The monoisotopic (exact) mass is 364 g/mol. The molecule has 1 saturated heterocycles. The van der Waals surface area contributed by atoms with E-state index in [2.05, 4.69) is 15.3 Å². The van der Waals surface area contributed by atoms with Crippen molar-refractivity contribution in [2.75, 3.05) is 13.1 Å². The van der Waals surface area contributed by atoms with Gasteiger partial charge in [-0.25, -0.2) is 8.42 Å². The van der Waals surface area contributed by atoms with Gasteiger partial charge in [0.2, 0.25) is 10.0 Å². The van der Waals surface area contributed by atoms with E-state index in [0.717, 1.165) is 0 Å². The average Bonchev–Trinajstić information content (AvgIpc) is 3.28. The summed E-state index contributed by atoms with van der Waals surface area (Å²) in [6.45, 7) is 1.66. The van der Waals surface area contributed by atoms with Gasteiger partial charge in [0.1, 0.15) is 11.4 Å². The number of sulfonamides is 1. The van der Waals surface area contributed by atoms with Gasteiger partial charge in [-0.3, -0.25) is 0 Å². The maximum Gasteiger partial charge on any atom is 0.260 e. The summed E-state index contributed by atoms with van der Waals surface area (Å²) in [7, 11) is -3.69. The third kappa shape index (κ3) is 2.81. The summed E-state index contributed by atoms with van der Waals surface area (Å²) in [4.78, 5) is 4.02. The molecule has 1 atom stereocenters. The molecular weight excluding hydrogens is 348 g/mol. The lowest BCUT2D eigenvalue weighted by atomic mass is 10.0. The summed E-state index contributed by atoms with van der Waals surface area (Å²) in [5.74, 6) is 0.122. The Morgan fingerprint density at radius 1 is 1.28 bits per heavy atom. The Labute approximate surface area is 143 Å². The second-order valence-corrected chi connectivity index (χ2v) is 8.11. The maximum absolute atomic E-state index is 12.7. The van der Waals surface area contributed by atoms with Crippen LogP contribution in [0.4, 0.5) is 0 Å². The fourth-order valence-corrected chi connectivity index (χ4v) is 4.48. The van der Waals surface area contributed by atoms with Crippen molar-refractivity contribution < 1.29 is 22.6 Å². The summed E-state index contributed by atoms with van der Waals surface area (Å²) < 4.78 is 36.9. The second-order valence-electron chi connectivity index (χ2n) is 6.14. The lowest BCUT2D eigenvalue weighted by Gasteiger charge is -2.19. The van der Waals surface area contributed by atoms with Crippen molar-refractivity contribution in [2.24, 2.45) is 0 Å². The summed E-state index contributed by atoms with van der Waals surface area (Å²) in [6, 6.07) is 7.07. The highest BCUT2D eigenvalue weighted by Gasteiger charge is 2.46. The van der Waals surface area contributed by atoms with Gasteiger partial charge in [0.05, 0.1) is 6.54 Å². The van der Waals surface area contributed by atoms with Crippen LogP contribution in [0.25, 0.3) is 11.0 Å². The average molecular weight is 364 g/mol. The normalized spacial score (nSPS) is 22.0. The molecule has 1 fully saturated rings. The Morgan fingerprint density at radius 2 is 2.08 bits per heavy atom. The number of aliphatic hydroxyl groups is 1. The molecule has 1 aliphatic heterocycles. The van der Waals surface area contributed by atoms with E-state index >= 15 is 0 Å². The van der Waals surface area contributed by atoms with Gasteiger partial charge in [0.25, 0.3) is 5.89 Å². The van der Waals surface area contributed by atoms with Crippen LogP contribution in [0.5, 0.6) is 0 Å². The van der Waals surface area contributed by atoms with E-state index in [4.69, 9.17) is 9.05 Å². The molecule has 1 aliphatic rings. The van der Waals surface area contributed by atoms with Crippen LogP contribution in [0.1, 0.15) is 23.8 Å². The van der Waals surface area contributed by atoms with E-state index < -0.39 is 15.6 Å². The van der Waals surface area contributed by atoms with Crippen LogP contribution in [-0.2, 0) is 21.4 Å². The van der Waals surface area contributed by atoms with Crippen molar-refractivity contribution in [1.82, 2.24) is 19.6 Å². The number of nitrogens with zero attached hydrogens (tertiary/aromatic N) is 4. The quantitative estimate of drug-likeness (QED) is 0.726. The minimum absolute atomic E-state index is 0.0367. The number of aryl methyl sites for hydroxylation is 1. The molecule has 0 spiro atoms. The Hall–Kier alpha value is -2.30. The number of fused-ring (bicyclic) bond motifs is 1. The van der Waals surface area contributed by atoms with Gasteiger partial charge in [0, 0.05) is 18.4 Å². The maximum atomic E-state index is 12.7. The van der Waals surface area contributed by atoms with E-state index in [9.17, 15) is 13.5 Å². The zero-order valence-corrected chi connectivity index (χ0v) is 14.2. The fourth-order valence-electron chi connectivity index (χ4n) is 2.96.